The molecule has 2 aromatic carbocycles. The minimum Gasteiger partial charge on any atom is -0.497 e. The summed E-state index contributed by atoms with van der Waals surface area (Å²) in [4.78, 5) is 39.9. The van der Waals surface area contributed by atoms with Crippen molar-refractivity contribution in [1.29, 1.82) is 0 Å². The van der Waals surface area contributed by atoms with Crippen molar-refractivity contribution in [3.63, 3.8) is 0 Å². The molecule has 1 aliphatic heterocycles. The number of imide groups is 1. The van der Waals surface area contributed by atoms with Gasteiger partial charge in [0, 0.05) is 6.07 Å². The first-order valence-corrected chi connectivity index (χ1v) is 11.0. The average Bonchev–Trinajstić information content (AvgIpc) is 3.31. The molecule has 9 nitrogen and oxygen atoms in total. The standard InChI is InChI=1S/C25H27N5O4/c1-5-25(18-8-12-20(34-4)13-9-18)23(32)29(24(33)27-25)15-22(31)26-21-14-17(3)28-30(21)19-10-6-16(2)7-11-19/h6-14H,5,15H2,1-4H3,(H,26,31)(H,27,33). The third-order valence-electron chi connectivity index (χ3n) is 5.97. The highest BCUT2D eigenvalue weighted by atomic mass is 16.5. The van der Waals surface area contributed by atoms with Gasteiger partial charge >= 0.3 is 6.03 Å². The van der Waals surface area contributed by atoms with E-state index in [2.05, 4.69) is 15.7 Å². The molecule has 34 heavy (non-hydrogen) atoms. The summed E-state index contributed by atoms with van der Waals surface area (Å²) in [5.74, 6) is 0.126. The van der Waals surface area contributed by atoms with Crippen LogP contribution in [0.2, 0.25) is 0 Å². The summed E-state index contributed by atoms with van der Waals surface area (Å²) in [5, 5.41) is 10.0. The van der Waals surface area contributed by atoms with Crippen molar-refractivity contribution < 1.29 is 19.1 Å². The van der Waals surface area contributed by atoms with Crippen molar-refractivity contribution in [1.82, 2.24) is 20.0 Å². The van der Waals surface area contributed by atoms with Crippen LogP contribution in [0.1, 0.15) is 30.2 Å². The fraction of sp³-hybridized carbons (Fsp3) is 0.280. The van der Waals surface area contributed by atoms with Crippen LogP contribution in [0.15, 0.2) is 54.6 Å². The Labute approximate surface area is 197 Å². The molecule has 0 radical (unpaired) electrons. The molecule has 2 N–H and O–H groups in total. The van der Waals surface area contributed by atoms with E-state index < -0.39 is 29.9 Å². The lowest BCUT2D eigenvalue weighted by Crippen LogP contribution is -2.44. The summed E-state index contributed by atoms with van der Waals surface area (Å²) in [6.07, 6.45) is 0.335. The molecular weight excluding hydrogens is 434 g/mol. The second-order valence-electron chi connectivity index (χ2n) is 8.28. The second kappa shape index (κ2) is 9.01. The second-order valence-corrected chi connectivity index (χ2v) is 8.28. The van der Waals surface area contributed by atoms with Gasteiger partial charge in [-0.05, 0) is 50.1 Å². The van der Waals surface area contributed by atoms with Crippen LogP contribution in [0.5, 0.6) is 5.75 Å². The molecule has 1 aliphatic rings. The third-order valence-corrected chi connectivity index (χ3v) is 5.97. The number of benzene rings is 2. The van der Waals surface area contributed by atoms with E-state index in [9.17, 15) is 14.4 Å². The van der Waals surface area contributed by atoms with E-state index in [1.54, 1.807) is 42.1 Å². The number of aromatic nitrogens is 2. The minimum absolute atomic E-state index is 0.335. The fourth-order valence-corrected chi connectivity index (χ4v) is 4.08. The number of carbonyl (C=O) groups excluding carboxylic acids is 3. The summed E-state index contributed by atoms with van der Waals surface area (Å²) in [6.45, 7) is 5.21. The van der Waals surface area contributed by atoms with Gasteiger partial charge in [-0.2, -0.15) is 5.10 Å². The zero-order valence-corrected chi connectivity index (χ0v) is 19.6. The van der Waals surface area contributed by atoms with Crippen LogP contribution >= 0.6 is 0 Å². The molecule has 1 fully saturated rings. The number of carbonyl (C=O) groups is 3. The number of nitrogens with one attached hydrogen (secondary N) is 2. The number of methoxy groups -OCH3 is 1. The third kappa shape index (κ3) is 4.12. The highest BCUT2D eigenvalue weighted by molar-refractivity contribution is 6.10. The number of hydrogen-bond donors (Lipinski definition) is 2. The largest absolute Gasteiger partial charge is 0.497 e. The van der Waals surface area contributed by atoms with Gasteiger partial charge in [0.15, 0.2) is 0 Å². The quantitative estimate of drug-likeness (QED) is 0.525. The van der Waals surface area contributed by atoms with E-state index in [1.165, 1.54) is 0 Å². The fourth-order valence-electron chi connectivity index (χ4n) is 4.08. The Kier molecular flexibility index (Phi) is 6.10. The first-order chi connectivity index (χ1) is 16.3. The van der Waals surface area contributed by atoms with Crippen molar-refractivity contribution in [3.05, 3.63) is 71.4 Å². The summed E-state index contributed by atoms with van der Waals surface area (Å²) in [6, 6.07) is 15.8. The van der Waals surface area contributed by atoms with Crippen LogP contribution in [0.25, 0.3) is 5.69 Å². The Bertz CT molecular complexity index is 1230. The molecule has 0 saturated carbocycles. The molecule has 0 spiro atoms. The lowest BCUT2D eigenvalue weighted by Gasteiger charge is -2.26. The molecule has 0 bridgehead atoms. The predicted molar refractivity (Wildman–Crippen MR) is 127 cm³/mol. The van der Waals surface area contributed by atoms with Gasteiger partial charge in [-0.15, -0.1) is 0 Å². The number of ether oxygens (including phenoxy) is 1. The summed E-state index contributed by atoms with van der Waals surface area (Å²) < 4.78 is 6.80. The van der Waals surface area contributed by atoms with Crippen LogP contribution in [0, 0.1) is 13.8 Å². The zero-order valence-electron chi connectivity index (χ0n) is 19.6. The zero-order chi connectivity index (χ0) is 24.5. The van der Waals surface area contributed by atoms with Crippen LogP contribution in [-0.2, 0) is 15.1 Å². The van der Waals surface area contributed by atoms with Crippen molar-refractivity contribution in [2.45, 2.75) is 32.7 Å². The Balaban J connectivity index is 1.53. The number of urea groups is 1. The minimum atomic E-state index is -1.23. The monoisotopic (exact) mass is 461 g/mol. The van der Waals surface area contributed by atoms with Gasteiger partial charge in [-0.25, -0.2) is 9.48 Å². The van der Waals surface area contributed by atoms with E-state index in [4.69, 9.17) is 4.74 Å². The van der Waals surface area contributed by atoms with Crippen molar-refractivity contribution >= 4 is 23.7 Å². The highest BCUT2D eigenvalue weighted by Gasteiger charge is 2.51. The van der Waals surface area contributed by atoms with Crippen molar-refractivity contribution in [2.24, 2.45) is 0 Å². The topological polar surface area (TPSA) is 106 Å². The lowest BCUT2D eigenvalue weighted by molar-refractivity contribution is -0.134. The molecule has 1 saturated heterocycles. The Morgan fingerprint density at radius 1 is 1.09 bits per heavy atom. The summed E-state index contributed by atoms with van der Waals surface area (Å²) in [5.41, 5.74) is 2.01. The SMILES string of the molecule is CCC1(c2ccc(OC)cc2)NC(=O)N(CC(=O)Nc2cc(C)nn2-c2ccc(C)cc2)C1=O. The molecule has 3 aromatic rings. The van der Waals surface area contributed by atoms with Crippen LogP contribution in [0.4, 0.5) is 10.6 Å². The molecule has 4 rings (SSSR count). The maximum atomic E-state index is 13.3. The van der Waals surface area contributed by atoms with E-state index in [1.807, 2.05) is 45.0 Å². The van der Waals surface area contributed by atoms with E-state index in [0.29, 0.717) is 23.6 Å². The molecule has 1 atom stereocenters. The Hall–Kier alpha value is -4.14. The van der Waals surface area contributed by atoms with E-state index in [0.717, 1.165) is 21.8 Å². The normalized spacial score (nSPS) is 17.6. The maximum absolute atomic E-state index is 13.3. The lowest BCUT2D eigenvalue weighted by atomic mass is 9.87. The first kappa shape index (κ1) is 23.0. The predicted octanol–water partition coefficient (Wildman–Crippen LogP) is 3.29. The van der Waals surface area contributed by atoms with Gasteiger partial charge in [-0.1, -0.05) is 36.8 Å². The van der Waals surface area contributed by atoms with Gasteiger partial charge in [0.2, 0.25) is 5.91 Å². The number of aryl methyl sites for hydroxylation is 2. The van der Waals surface area contributed by atoms with Crippen LogP contribution < -0.4 is 15.4 Å². The van der Waals surface area contributed by atoms with Crippen molar-refractivity contribution in [2.75, 3.05) is 19.0 Å². The molecule has 1 unspecified atom stereocenters. The average molecular weight is 462 g/mol. The van der Waals surface area contributed by atoms with Gasteiger partial charge in [0.25, 0.3) is 5.91 Å². The Morgan fingerprint density at radius 2 is 1.76 bits per heavy atom. The number of hydrogen-bond acceptors (Lipinski definition) is 5. The van der Waals surface area contributed by atoms with Crippen LogP contribution in [0.3, 0.4) is 0 Å². The van der Waals surface area contributed by atoms with Gasteiger partial charge in [0.1, 0.15) is 23.7 Å². The molecule has 1 aromatic heterocycles. The number of anilines is 1. The van der Waals surface area contributed by atoms with E-state index in [-0.39, 0.29) is 0 Å². The van der Waals surface area contributed by atoms with Gasteiger partial charge in [-0.3, -0.25) is 14.5 Å². The molecule has 9 heteroatoms. The molecule has 176 valence electrons. The van der Waals surface area contributed by atoms with Gasteiger partial charge < -0.3 is 15.4 Å². The first-order valence-electron chi connectivity index (χ1n) is 11.0. The van der Waals surface area contributed by atoms with Crippen molar-refractivity contribution in [3.8, 4) is 11.4 Å². The van der Waals surface area contributed by atoms with Gasteiger partial charge in [0.05, 0.1) is 18.5 Å². The number of amides is 4. The smallest absolute Gasteiger partial charge is 0.325 e. The Morgan fingerprint density at radius 3 is 2.38 bits per heavy atom. The number of nitrogens with zero attached hydrogens (tertiary/aromatic N) is 3. The van der Waals surface area contributed by atoms with E-state index >= 15 is 0 Å². The summed E-state index contributed by atoms with van der Waals surface area (Å²) in [7, 11) is 1.56. The molecule has 0 aliphatic carbocycles. The number of rotatable bonds is 7. The highest BCUT2D eigenvalue weighted by Crippen LogP contribution is 2.33. The summed E-state index contributed by atoms with van der Waals surface area (Å²) >= 11 is 0. The maximum Gasteiger partial charge on any atom is 0.325 e. The molecular formula is C25H27N5O4. The molecule has 2 heterocycles. The molecule has 4 amide bonds. The van der Waals surface area contributed by atoms with Crippen LogP contribution in [-0.4, -0.2) is 46.2 Å².